The van der Waals surface area contributed by atoms with Gasteiger partial charge in [-0.05, 0) is 42.7 Å². The maximum atomic E-state index is 11.9. The Hall–Kier alpha value is -2.35. The molecular formula is C17H17NO. The molecule has 0 fully saturated rings. The van der Waals surface area contributed by atoms with E-state index in [1.54, 1.807) is 12.2 Å². The second-order valence-corrected chi connectivity index (χ2v) is 4.55. The molecule has 0 saturated heterocycles. The number of hydrogen-bond donors (Lipinski definition) is 1. The highest BCUT2D eigenvalue weighted by molar-refractivity contribution is 6.02. The van der Waals surface area contributed by atoms with Gasteiger partial charge in [0.25, 0.3) is 0 Å². The monoisotopic (exact) mass is 251 g/mol. The number of hydrogen-bond acceptors (Lipinski definition) is 1. The minimum absolute atomic E-state index is 0.113. The molecule has 2 aromatic rings. The Labute approximate surface area is 113 Å². The number of benzene rings is 2. The highest BCUT2D eigenvalue weighted by Crippen LogP contribution is 2.16. The third-order valence-electron chi connectivity index (χ3n) is 2.88. The van der Waals surface area contributed by atoms with Crippen LogP contribution in [0.4, 0.5) is 5.69 Å². The molecule has 2 heteroatoms. The van der Waals surface area contributed by atoms with Crippen molar-refractivity contribution < 1.29 is 4.79 Å². The van der Waals surface area contributed by atoms with E-state index in [0.717, 1.165) is 22.4 Å². The van der Waals surface area contributed by atoms with E-state index in [0.29, 0.717) is 0 Å². The Kier molecular flexibility index (Phi) is 4.14. The molecular weight excluding hydrogens is 234 g/mol. The summed E-state index contributed by atoms with van der Waals surface area (Å²) in [6.07, 6.45) is 3.36. The van der Waals surface area contributed by atoms with Crippen molar-refractivity contribution in [2.24, 2.45) is 0 Å². The van der Waals surface area contributed by atoms with E-state index in [1.807, 2.05) is 62.4 Å². The van der Waals surface area contributed by atoms with Crippen LogP contribution in [0.5, 0.6) is 0 Å². The van der Waals surface area contributed by atoms with Crippen LogP contribution in [-0.2, 0) is 4.79 Å². The lowest BCUT2D eigenvalue weighted by Crippen LogP contribution is -2.09. The molecule has 96 valence electrons. The molecule has 0 saturated carbocycles. The molecule has 2 aromatic carbocycles. The number of amides is 1. The van der Waals surface area contributed by atoms with Gasteiger partial charge in [-0.15, -0.1) is 0 Å². The summed E-state index contributed by atoms with van der Waals surface area (Å²) in [5, 5.41) is 2.90. The van der Waals surface area contributed by atoms with Crippen LogP contribution in [0.1, 0.15) is 16.7 Å². The quantitative estimate of drug-likeness (QED) is 0.822. The molecule has 0 spiro atoms. The van der Waals surface area contributed by atoms with Crippen molar-refractivity contribution in [3.05, 3.63) is 71.3 Å². The molecule has 0 unspecified atom stereocenters. The molecule has 1 amide bonds. The average molecular weight is 251 g/mol. The van der Waals surface area contributed by atoms with Crippen LogP contribution in [0.3, 0.4) is 0 Å². The summed E-state index contributed by atoms with van der Waals surface area (Å²) in [5.74, 6) is -0.113. The first kappa shape index (κ1) is 13.1. The lowest BCUT2D eigenvalue weighted by Gasteiger charge is -2.07. The van der Waals surface area contributed by atoms with Gasteiger partial charge in [-0.3, -0.25) is 4.79 Å². The van der Waals surface area contributed by atoms with E-state index in [2.05, 4.69) is 5.32 Å². The molecule has 0 radical (unpaired) electrons. The van der Waals surface area contributed by atoms with Gasteiger partial charge in [-0.25, -0.2) is 0 Å². The minimum atomic E-state index is -0.113. The van der Waals surface area contributed by atoms with Crippen LogP contribution in [0.2, 0.25) is 0 Å². The van der Waals surface area contributed by atoms with Crippen LogP contribution >= 0.6 is 0 Å². The SMILES string of the molecule is Cc1ccc(C)c(NC(=O)C=Cc2ccccc2)c1. The summed E-state index contributed by atoms with van der Waals surface area (Å²) in [7, 11) is 0. The molecule has 2 nitrogen and oxygen atoms in total. The van der Waals surface area contributed by atoms with Gasteiger partial charge in [-0.2, -0.15) is 0 Å². The normalized spacial score (nSPS) is 10.6. The van der Waals surface area contributed by atoms with E-state index in [9.17, 15) is 4.79 Å². The van der Waals surface area contributed by atoms with Gasteiger partial charge in [0.2, 0.25) is 5.91 Å². The molecule has 0 aliphatic heterocycles. The van der Waals surface area contributed by atoms with Crippen molar-refractivity contribution in [3.8, 4) is 0 Å². The maximum absolute atomic E-state index is 11.9. The Bertz CT molecular complexity index is 600. The third-order valence-corrected chi connectivity index (χ3v) is 2.88. The first-order chi connectivity index (χ1) is 9.15. The topological polar surface area (TPSA) is 29.1 Å². The first-order valence-corrected chi connectivity index (χ1v) is 6.26. The highest BCUT2D eigenvalue weighted by atomic mass is 16.1. The molecule has 1 N–H and O–H groups in total. The van der Waals surface area contributed by atoms with Gasteiger partial charge >= 0.3 is 0 Å². The van der Waals surface area contributed by atoms with E-state index in [1.165, 1.54) is 0 Å². The van der Waals surface area contributed by atoms with Crippen LogP contribution < -0.4 is 5.32 Å². The second kappa shape index (κ2) is 6.01. The van der Waals surface area contributed by atoms with E-state index < -0.39 is 0 Å². The Morgan fingerprint density at radius 3 is 2.53 bits per heavy atom. The lowest BCUT2D eigenvalue weighted by atomic mass is 10.1. The fourth-order valence-electron chi connectivity index (χ4n) is 1.78. The smallest absolute Gasteiger partial charge is 0.248 e. The predicted octanol–water partition coefficient (Wildman–Crippen LogP) is 3.96. The zero-order chi connectivity index (χ0) is 13.7. The first-order valence-electron chi connectivity index (χ1n) is 6.26. The average Bonchev–Trinajstić information content (AvgIpc) is 2.42. The Morgan fingerprint density at radius 1 is 1.05 bits per heavy atom. The Morgan fingerprint density at radius 2 is 1.79 bits per heavy atom. The maximum Gasteiger partial charge on any atom is 0.248 e. The van der Waals surface area contributed by atoms with Gasteiger partial charge in [-0.1, -0.05) is 42.5 Å². The van der Waals surface area contributed by atoms with E-state index in [-0.39, 0.29) is 5.91 Å². The summed E-state index contributed by atoms with van der Waals surface area (Å²) < 4.78 is 0. The standard InChI is InChI=1S/C17H17NO/c1-13-8-9-14(2)16(12-13)18-17(19)11-10-15-6-4-3-5-7-15/h3-12H,1-2H3,(H,18,19). The van der Waals surface area contributed by atoms with Crippen LogP contribution in [0.15, 0.2) is 54.6 Å². The minimum Gasteiger partial charge on any atom is -0.322 e. The fourth-order valence-corrected chi connectivity index (χ4v) is 1.78. The number of rotatable bonds is 3. The molecule has 19 heavy (non-hydrogen) atoms. The van der Waals surface area contributed by atoms with Gasteiger partial charge in [0, 0.05) is 11.8 Å². The highest BCUT2D eigenvalue weighted by Gasteiger charge is 2.01. The number of nitrogens with one attached hydrogen (secondary N) is 1. The molecule has 0 aliphatic carbocycles. The third kappa shape index (κ3) is 3.81. The van der Waals surface area contributed by atoms with E-state index in [4.69, 9.17) is 0 Å². The van der Waals surface area contributed by atoms with Crippen molar-refractivity contribution in [1.29, 1.82) is 0 Å². The molecule has 0 aromatic heterocycles. The number of anilines is 1. The van der Waals surface area contributed by atoms with Crippen molar-refractivity contribution in [2.75, 3.05) is 5.32 Å². The number of carbonyl (C=O) groups is 1. The molecule has 0 bridgehead atoms. The molecule has 0 heterocycles. The van der Waals surface area contributed by atoms with E-state index >= 15 is 0 Å². The van der Waals surface area contributed by atoms with Gasteiger partial charge < -0.3 is 5.32 Å². The van der Waals surface area contributed by atoms with Crippen LogP contribution in [0.25, 0.3) is 6.08 Å². The lowest BCUT2D eigenvalue weighted by molar-refractivity contribution is -0.111. The second-order valence-electron chi connectivity index (χ2n) is 4.55. The zero-order valence-electron chi connectivity index (χ0n) is 11.2. The fraction of sp³-hybridized carbons (Fsp3) is 0.118. The van der Waals surface area contributed by atoms with Crippen molar-refractivity contribution in [1.82, 2.24) is 0 Å². The summed E-state index contributed by atoms with van der Waals surface area (Å²) >= 11 is 0. The zero-order valence-corrected chi connectivity index (χ0v) is 11.2. The van der Waals surface area contributed by atoms with Gasteiger partial charge in [0.1, 0.15) is 0 Å². The molecule has 0 aliphatic rings. The van der Waals surface area contributed by atoms with Crippen LogP contribution in [-0.4, -0.2) is 5.91 Å². The van der Waals surface area contributed by atoms with Crippen molar-refractivity contribution >= 4 is 17.7 Å². The number of carbonyl (C=O) groups excluding carboxylic acids is 1. The number of aryl methyl sites for hydroxylation is 2. The Balaban J connectivity index is 2.06. The van der Waals surface area contributed by atoms with Gasteiger partial charge in [0.15, 0.2) is 0 Å². The summed E-state index contributed by atoms with van der Waals surface area (Å²) in [6, 6.07) is 15.8. The van der Waals surface area contributed by atoms with Gasteiger partial charge in [0.05, 0.1) is 0 Å². The summed E-state index contributed by atoms with van der Waals surface area (Å²) in [6.45, 7) is 3.99. The predicted molar refractivity (Wildman–Crippen MR) is 80.0 cm³/mol. The molecule has 2 rings (SSSR count). The van der Waals surface area contributed by atoms with Crippen molar-refractivity contribution in [3.63, 3.8) is 0 Å². The van der Waals surface area contributed by atoms with Crippen LogP contribution in [0, 0.1) is 13.8 Å². The summed E-state index contributed by atoms with van der Waals surface area (Å²) in [5.41, 5.74) is 4.07. The largest absolute Gasteiger partial charge is 0.322 e. The summed E-state index contributed by atoms with van der Waals surface area (Å²) in [4.78, 5) is 11.9. The molecule has 0 atom stereocenters. The van der Waals surface area contributed by atoms with Crippen molar-refractivity contribution in [2.45, 2.75) is 13.8 Å².